The lowest BCUT2D eigenvalue weighted by Crippen LogP contribution is -2.28. The maximum atomic E-state index is 13.6. The van der Waals surface area contributed by atoms with Crippen molar-refractivity contribution in [2.45, 2.75) is 13.0 Å². The van der Waals surface area contributed by atoms with Gasteiger partial charge in [-0.15, -0.1) is 6.58 Å². The summed E-state index contributed by atoms with van der Waals surface area (Å²) in [6.07, 6.45) is 1.55. The van der Waals surface area contributed by atoms with Gasteiger partial charge in [-0.2, -0.15) is 0 Å². The number of hydrogen-bond acceptors (Lipinski definition) is 3. The molecule has 5 heteroatoms. The van der Waals surface area contributed by atoms with Gasteiger partial charge in [0.15, 0.2) is 18.2 Å². The Labute approximate surface area is 106 Å². The predicted molar refractivity (Wildman–Crippen MR) is 67.7 cm³/mol. The van der Waals surface area contributed by atoms with E-state index in [1.165, 1.54) is 12.1 Å². The summed E-state index contributed by atoms with van der Waals surface area (Å²) in [5.74, 6) is -0.819. The Morgan fingerprint density at radius 3 is 2.94 bits per heavy atom. The van der Waals surface area contributed by atoms with Gasteiger partial charge in [-0.1, -0.05) is 12.1 Å². The molecule has 1 atom stereocenters. The van der Waals surface area contributed by atoms with E-state index in [4.69, 9.17) is 10.5 Å². The summed E-state index contributed by atoms with van der Waals surface area (Å²) in [6.45, 7) is 5.35. The van der Waals surface area contributed by atoms with E-state index in [0.717, 1.165) is 0 Å². The fourth-order valence-electron chi connectivity index (χ4n) is 1.30. The van der Waals surface area contributed by atoms with Crippen LogP contribution in [-0.2, 0) is 4.79 Å². The van der Waals surface area contributed by atoms with Crippen molar-refractivity contribution in [1.29, 1.82) is 0 Å². The highest BCUT2D eigenvalue weighted by Crippen LogP contribution is 2.20. The van der Waals surface area contributed by atoms with E-state index >= 15 is 0 Å². The molecule has 1 amide bonds. The van der Waals surface area contributed by atoms with E-state index in [-0.39, 0.29) is 24.3 Å². The molecule has 18 heavy (non-hydrogen) atoms. The summed E-state index contributed by atoms with van der Waals surface area (Å²) >= 11 is 0. The molecule has 0 heterocycles. The van der Waals surface area contributed by atoms with Crippen molar-refractivity contribution in [3.8, 4) is 5.75 Å². The Morgan fingerprint density at radius 2 is 2.39 bits per heavy atom. The highest BCUT2D eigenvalue weighted by atomic mass is 19.1. The fraction of sp³-hybridized carbons (Fsp3) is 0.308. The average molecular weight is 252 g/mol. The Kier molecular flexibility index (Phi) is 5.32. The van der Waals surface area contributed by atoms with Gasteiger partial charge in [0.25, 0.3) is 5.91 Å². The van der Waals surface area contributed by atoms with Crippen molar-refractivity contribution in [3.63, 3.8) is 0 Å². The number of hydrogen-bond donors (Lipinski definition) is 2. The van der Waals surface area contributed by atoms with Crippen LogP contribution in [-0.4, -0.2) is 19.1 Å². The van der Waals surface area contributed by atoms with E-state index in [1.54, 1.807) is 19.1 Å². The van der Waals surface area contributed by atoms with Crippen LogP contribution in [0, 0.1) is 5.82 Å². The van der Waals surface area contributed by atoms with Gasteiger partial charge >= 0.3 is 0 Å². The van der Waals surface area contributed by atoms with Gasteiger partial charge < -0.3 is 15.8 Å². The third kappa shape index (κ3) is 4.18. The molecular weight excluding hydrogens is 235 g/mol. The average Bonchev–Trinajstić information content (AvgIpc) is 2.34. The first kappa shape index (κ1) is 14.2. The van der Waals surface area contributed by atoms with Crippen molar-refractivity contribution in [3.05, 3.63) is 42.2 Å². The van der Waals surface area contributed by atoms with E-state index < -0.39 is 5.82 Å². The van der Waals surface area contributed by atoms with E-state index in [1.807, 2.05) is 0 Å². The van der Waals surface area contributed by atoms with Crippen LogP contribution in [0.2, 0.25) is 0 Å². The topological polar surface area (TPSA) is 64.3 Å². The molecule has 3 N–H and O–H groups in total. The van der Waals surface area contributed by atoms with Crippen LogP contribution in [0.15, 0.2) is 30.9 Å². The lowest BCUT2D eigenvalue weighted by molar-refractivity contribution is -0.122. The number of benzene rings is 1. The Balaban J connectivity index is 2.57. The minimum absolute atomic E-state index is 0.0353. The first-order chi connectivity index (χ1) is 8.54. The standard InChI is InChI=1S/C13H17FN2O2/c1-3-6-16-13(17)8-18-12-5-4-10(9(2)15)7-11(12)14/h3-5,7,9H,1,6,8,15H2,2H3,(H,16,17). The van der Waals surface area contributed by atoms with Gasteiger partial charge in [-0.25, -0.2) is 4.39 Å². The van der Waals surface area contributed by atoms with Crippen LogP contribution in [0.1, 0.15) is 18.5 Å². The number of carbonyl (C=O) groups is 1. The summed E-state index contributed by atoms with van der Waals surface area (Å²) in [7, 11) is 0. The molecule has 0 saturated carbocycles. The zero-order valence-electron chi connectivity index (χ0n) is 10.3. The molecule has 0 saturated heterocycles. The van der Waals surface area contributed by atoms with Gasteiger partial charge in [0.2, 0.25) is 0 Å². The van der Waals surface area contributed by atoms with Gasteiger partial charge in [-0.3, -0.25) is 4.79 Å². The molecule has 98 valence electrons. The maximum Gasteiger partial charge on any atom is 0.258 e. The lowest BCUT2D eigenvalue weighted by atomic mass is 10.1. The number of carbonyl (C=O) groups excluding carboxylic acids is 1. The largest absolute Gasteiger partial charge is 0.481 e. The molecule has 1 unspecified atom stereocenters. The number of halogens is 1. The second-order valence-corrected chi connectivity index (χ2v) is 3.86. The number of rotatable bonds is 6. The van der Waals surface area contributed by atoms with Gasteiger partial charge in [-0.05, 0) is 24.6 Å². The molecule has 0 fully saturated rings. The molecule has 0 radical (unpaired) electrons. The molecular formula is C13H17FN2O2. The van der Waals surface area contributed by atoms with Crippen molar-refractivity contribution in [2.24, 2.45) is 5.73 Å². The summed E-state index contributed by atoms with van der Waals surface area (Å²) < 4.78 is 18.7. The van der Waals surface area contributed by atoms with E-state index in [9.17, 15) is 9.18 Å². The van der Waals surface area contributed by atoms with E-state index in [0.29, 0.717) is 12.1 Å². The monoisotopic (exact) mass is 252 g/mol. The van der Waals surface area contributed by atoms with Crippen LogP contribution >= 0.6 is 0 Å². The van der Waals surface area contributed by atoms with Crippen LogP contribution in [0.25, 0.3) is 0 Å². The second-order valence-electron chi connectivity index (χ2n) is 3.86. The van der Waals surface area contributed by atoms with Crippen LogP contribution in [0.5, 0.6) is 5.75 Å². The number of nitrogens with one attached hydrogen (secondary N) is 1. The molecule has 0 aromatic heterocycles. The Morgan fingerprint density at radius 1 is 1.67 bits per heavy atom. The molecule has 0 aliphatic heterocycles. The van der Waals surface area contributed by atoms with Crippen LogP contribution < -0.4 is 15.8 Å². The molecule has 0 spiro atoms. The SMILES string of the molecule is C=CCNC(=O)COc1ccc(C(C)N)cc1F. The van der Waals surface area contributed by atoms with Gasteiger partial charge in [0.1, 0.15) is 0 Å². The second kappa shape index (κ2) is 6.76. The van der Waals surface area contributed by atoms with E-state index in [2.05, 4.69) is 11.9 Å². The quantitative estimate of drug-likeness (QED) is 0.755. The molecule has 1 aromatic rings. The van der Waals surface area contributed by atoms with Crippen molar-refractivity contribution in [2.75, 3.05) is 13.2 Å². The molecule has 4 nitrogen and oxygen atoms in total. The zero-order chi connectivity index (χ0) is 13.5. The highest BCUT2D eigenvalue weighted by molar-refractivity contribution is 5.77. The van der Waals surface area contributed by atoms with Gasteiger partial charge in [0, 0.05) is 12.6 Å². The zero-order valence-corrected chi connectivity index (χ0v) is 10.3. The number of ether oxygens (including phenoxy) is 1. The van der Waals surface area contributed by atoms with Crippen molar-refractivity contribution >= 4 is 5.91 Å². The summed E-state index contributed by atoms with van der Waals surface area (Å²) in [5.41, 5.74) is 6.31. The predicted octanol–water partition coefficient (Wildman–Crippen LogP) is 1.53. The third-order valence-electron chi connectivity index (χ3n) is 2.28. The number of amides is 1. The highest BCUT2D eigenvalue weighted by Gasteiger charge is 2.09. The van der Waals surface area contributed by atoms with Crippen LogP contribution in [0.4, 0.5) is 4.39 Å². The molecule has 1 aromatic carbocycles. The maximum absolute atomic E-state index is 13.6. The molecule has 0 aliphatic carbocycles. The summed E-state index contributed by atoms with van der Waals surface area (Å²) in [5, 5.41) is 2.53. The van der Waals surface area contributed by atoms with Gasteiger partial charge in [0.05, 0.1) is 0 Å². The molecule has 1 rings (SSSR count). The van der Waals surface area contributed by atoms with Crippen molar-refractivity contribution < 1.29 is 13.9 Å². The minimum Gasteiger partial charge on any atom is -0.481 e. The van der Waals surface area contributed by atoms with Crippen molar-refractivity contribution in [1.82, 2.24) is 5.32 Å². The fourth-order valence-corrected chi connectivity index (χ4v) is 1.30. The number of nitrogens with two attached hydrogens (primary N) is 1. The Bertz CT molecular complexity index is 433. The summed E-state index contributed by atoms with van der Waals surface area (Å²) in [4.78, 5) is 11.2. The normalized spacial score (nSPS) is 11.7. The first-order valence-electron chi connectivity index (χ1n) is 5.60. The van der Waals surface area contributed by atoms with Crippen LogP contribution in [0.3, 0.4) is 0 Å². The first-order valence-corrected chi connectivity index (χ1v) is 5.60. The third-order valence-corrected chi connectivity index (χ3v) is 2.28. The minimum atomic E-state index is -0.527. The molecule has 0 aliphatic rings. The Hall–Kier alpha value is -1.88. The molecule has 0 bridgehead atoms. The summed E-state index contributed by atoms with van der Waals surface area (Å²) in [6, 6.07) is 4.20. The smallest absolute Gasteiger partial charge is 0.258 e. The lowest BCUT2D eigenvalue weighted by Gasteiger charge is -2.10.